The molecule has 1 saturated heterocycles. The van der Waals surface area contributed by atoms with Crippen molar-refractivity contribution in [1.29, 1.82) is 0 Å². The summed E-state index contributed by atoms with van der Waals surface area (Å²) in [6, 6.07) is 4.08. The molecule has 0 atom stereocenters. The molecule has 0 unspecified atom stereocenters. The molecule has 3 rings (SSSR count). The summed E-state index contributed by atoms with van der Waals surface area (Å²) >= 11 is 6.27. The van der Waals surface area contributed by atoms with Crippen LogP contribution >= 0.6 is 39.0 Å². The van der Waals surface area contributed by atoms with Crippen LogP contribution in [0.15, 0.2) is 21.5 Å². The number of benzene rings is 1. The fourth-order valence-corrected chi connectivity index (χ4v) is 5.13. The van der Waals surface area contributed by atoms with Gasteiger partial charge in [-0.15, -0.1) is 11.8 Å². The number of amides is 2. The summed E-state index contributed by atoms with van der Waals surface area (Å²) in [6.07, 6.45) is 0. The van der Waals surface area contributed by atoms with Crippen LogP contribution in [-0.2, 0) is 9.53 Å². The van der Waals surface area contributed by atoms with E-state index < -0.39 is 0 Å². The normalized spacial score (nSPS) is 14.0. The third-order valence-corrected chi connectivity index (χ3v) is 7.63. The van der Waals surface area contributed by atoms with E-state index in [-0.39, 0.29) is 17.6 Å². The van der Waals surface area contributed by atoms with Crippen molar-refractivity contribution < 1.29 is 14.3 Å². The Bertz CT molecular complexity index is 913. The number of carbonyl (C=O) groups excluding carboxylic acids is 2. The van der Waals surface area contributed by atoms with Crippen molar-refractivity contribution in [2.24, 2.45) is 0 Å². The van der Waals surface area contributed by atoms with Gasteiger partial charge in [-0.3, -0.25) is 20.4 Å². The van der Waals surface area contributed by atoms with Gasteiger partial charge in [0.25, 0.3) is 5.91 Å². The summed E-state index contributed by atoms with van der Waals surface area (Å²) in [5, 5.41) is 0.805. The highest BCUT2D eigenvalue weighted by Gasteiger charge is 2.20. The second-order valence-electron chi connectivity index (χ2n) is 6.67. The molecule has 156 valence electrons. The van der Waals surface area contributed by atoms with E-state index in [9.17, 15) is 9.59 Å². The molecule has 2 N–H and O–H groups in total. The van der Waals surface area contributed by atoms with Gasteiger partial charge in [0.05, 0.1) is 24.7 Å². The Hall–Kier alpha value is -1.62. The van der Waals surface area contributed by atoms with Gasteiger partial charge < -0.3 is 9.64 Å². The van der Waals surface area contributed by atoms with Crippen LogP contribution in [0.5, 0.6) is 0 Å². The van der Waals surface area contributed by atoms with Crippen LogP contribution in [0.3, 0.4) is 0 Å². The Kier molecular flexibility index (Phi) is 7.55. The van der Waals surface area contributed by atoms with Gasteiger partial charge in [0, 0.05) is 22.5 Å². The van der Waals surface area contributed by atoms with E-state index in [1.807, 2.05) is 26.0 Å². The number of thioether (sulfide) groups is 1. The van der Waals surface area contributed by atoms with Gasteiger partial charge >= 0.3 is 0 Å². The van der Waals surface area contributed by atoms with E-state index in [0.29, 0.717) is 23.8 Å². The SMILES string of the molecule is Cc1cc(SCC(=O)NNC(=O)c2sc(N3CCOCC3)nc2C)c(C)cc1Br. The Balaban J connectivity index is 1.52. The Morgan fingerprint density at radius 2 is 1.93 bits per heavy atom. The topological polar surface area (TPSA) is 83.6 Å². The predicted octanol–water partition coefficient (Wildman–Crippen LogP) is 3.22. The zero-order chi connectivity index (χ0) is 21.0. The minimum atomic E-state index is -0.353. The van der Waals surface area contributed by atoms with Gasteiger partial charge in [0.15, 0.2) is 5.13 Å². The molecule has 1 aliphatic rings. The number of morpholine rings is 1. The standard InChI is InChI=1S/C19H23BrN4O3S2/c1-11-9-15(12(2)8-14(11)20)28-10-16(25)22-23-18(26)17-13(3)21-19(29-17)24-4-6-27-7-5-24/h8-9H,4-7,10H2,1-3H3,(H,22,25)(H,23,26). The highest BCUT2D eigenvalue weighted by Crippen LogP contribution is 2.28. The second-order valence-corrected chi connectivity index (χ2v) is 9.52. The van der Waals surface area contributed by atoms with E-state index in [1.165, 1.54) is 23.1 Å². The molecule has 1 fully saturated rings. The van der Waals surface area contributed by atoms with Crippen LogP contribution in [0.1, 0.15) is 26.5 Å². The van der Waals surface area contributed by atoms with E-state index in [1.54, 1.807) is 6.92 Å². The van der Waals surface area contributed by atoms with Gasteiger partial charge in [-0.05, 0) is 44.0 Å². The molecule has 0 saturated carbocycles. The predicted molar refractivity (Wildman–Crippen MR) is 120 cm³/mol. The first kappa shape index (κ1) is 22.1. The van der Waals surface area contributed by atoms with Crippen LogP contribution in [0.4, 0.5) is 5.13 Å². The van der Waals surface area contributed by atoms with Gasteiger partial charge in [-0.1, -0.05) is 27.3 Å². The van der Waals surface area contributed by atoms with E-state index >= 15 is 0 Å². The first-order valence-corrected chi connectivity index (χ1v) is 11.7. The summed E-state index contributed by atoms with van der Waals surface area (Å²) in [7, 11) is 0. The minimum Gasteiger partial charge on any atom is -0.378 e. The van der Waals surface area contributed by atoms with Gasteiger partial charge in [0.1, 0.15) is 4.88 Å². The molecule has 2 aromatic rings. The molecule has 2 amide bonds. The zero-order valence-corrected chi connectivity index (χ0v) is 19.7. The van der Waals surface area contributed by atoms with Gasteiger partial charge in [-0.25, -0.2) is 4.98 Å². The number of nitrogens with zero attached hydrogens (tertiary/aromatic N) is 2. The third-order valence-electron chi connectivity index (χ3n) is 4.40. The molecular weight excluding hydrogens is 476 g/mol. The van der Waals surface area contributed by atoms with Gasteiger partial charge in [-0.2, -0.15) is 0 Å². The molecule has 0 bridgehead atoms. The highest BCUT2D eigenvalue weighted by molar-refractivity contribution is 9.10. The van der Waals surface area contributed by atoms with Crippen LogP contribution in [0.2, 0.25) is 0 Å². The maximum Gasteiger partial charge on any atom is 0.281 e. The number of rotatable bonds is 5. The number of halogens is 1. The van der Waals surface area contributed by atoms with Crippen LogP contribution < -0.4 is 15.8 Å². The number of nitrogens with one attached hydrogen (secondary N) is 2. The smallest absolute Gasteiger partial charge is 0.281 e. The van der Waals surface area contributed by atoms with Crippen molar-refractivity contribution >= 4 is 56.0 Å². The van der Waals surface area contributed by atoms with Crippen molar-refractivity contribution in [2.75, 3.05) is 37.0 Å². The Labute approximate surface area is 186 Å². The average molecular weight is 499 g/mol. The summed E-state index contributed by atoms with van der Waals surface area (Å²) in [5.74, 6) is -0.407. The van der Waals surface area contributed by atoms with Crippen LogP contribution in [-0.4, -0.2) is 48.9 Å². The van der Waals surface area contributed by atoms with Crippen molar-refractivity contribution in [1.82, 2.24) is 15.8 Å². The number of hydrogen-bond acceptors (Lipinski definition) is 7. The number of ether oxygens (including phenoxy) is 1. The molecule has 1 aromatic heterocycles. The number of hydrazine groups is 1. The monoisotopic (exact) mass is 498 g/mol. The molecule has 0 radical (unpaired) electrons. The molecule has 0 aliphatic carbocycles. The number of hydrogen-bond donors (Lipinski definition) is 2. The quantitative estimate of drug-likeness (QED) is 0.486. The number of aromatic nitrogens is 1. The van der Waals surface area contributed by atoms with Crippen LogP contribution in [0, 0.1) is 20.8 Å². The summed E-state index contributed by atoms with van der Waals surface area (Å²) in [6.45, 7) is 8.65. The molecule has 1 aliphatic heterocycles. The van der Waals surface area contributed by atoms with Crippen molar-refractivity contribution in [3.63, 3.8) is 0 Å². The molecule has 1 aromatic carbocycles. The summed E-state index contributed by atoms with van der Waals surface area (Å²) in [4.78, 5) is 32.8. The number of thiazole rings is 1. The second kappa shape index (κ2) is 9.92. The number of aryl methyl sites for hydroxylation is 3. The van der Waals surface area contributed by atoms with E-state index in [2.05, 4.69) is 36.7 Å². The lowest BCUT2D eigenvalue weighted by molar-refractivity contribution is -0.119. The fraction of sp³-hybridized carbons (Fsp3) is 0.421. The largest absolute Gasteiger partial charge is 0.378 e. The summed E-state index contributed by atoms with van der Waals surface area (Å²) < 4.78 is 6.40. The molecular formula is C19H23BrN4O3S2. The summed E-state index contributed by atoms with van der Waals surface area (Å²) in [5.41, 5.74) is 7.85. The molecule has 2 heterocycles. The van der Waals surface area contributed by atoms with Crippen molar-refractivity contribution in [3.05, 3.63) is 38.3 Å². The third kappa shape index (κ3) is 5.71. The number of anilines is 1. The Morgan fingerprint density at radius 3 is 2.66 bits per heavy atom. The van der Waals surface area contributed by atoms with E-state index in [0.717, 1.165) is 38.7 Å². The maximum atomic E-state index is 12.5. The molecule has 29 heavy (non-hydrogen) atoms. The highest BCUT2D eigenvalue weighted by atomic mass is 79.9. The lowest BCUT2D eigenvalue weighted by atomic mass is 10.2. The van der Waals surface area contributed by atoms with Crippen molar-refractivity contribution in [2.45, 2.75) is 25.7 Å². The zero-order valence-electron chi connectivity index (χ0n) is 16.5. The minimum absolute atomic E-state index is 0.211. The lowest BCUT2D eigenvalue weighted by Gasteiger charge is -2.25. The van der Waals surface area contributed by atoms with Gasteiger partial charge in [0.2, 0.25) is 5.91 Å². The van der Waals surface area contributed by atoms with Crippen LogP contribution in [0.25, 0.3) is 0 Å². The van der Waals surface area contributed by atoms with E-state index in [4.69, 9.17) is 4.74 Å². The first-order chi connectivity index (χ1) is 13.8. The molecule has 0 spiro atoms. The maximum absolute atomic E-state index is 12.5. The van der Waals surface area contributed by atoms with Crippen molar-refractivity contribution in [3.8, 4) is 0 Å². The molecule has 7 nitrogen and oxygen atoms in total. The fourth-order valence-electron chi connectivity index (χ4n) is 2.76. The Morgan fingerprint density at radius 1 is 1.21 bits per heavy atom. The average Bonchev–Trinajstić information content (AvgIpc) is 3.10. The first-order valence-electron chi connectivity index (χ1n) is 9.14. The number of carbonyl (C=O) groups is 2. The molecule has 10 heteroatoms. The lowest BCUT2D eigenvalue weighted by Crippen LogP contribution is -2.42.